The first-order valence-electron chi connectivity index (χ1n) is 8.45. The molecule has 1 aromatic carbocycles. The Bertz CT molecular complexity index is 472. The van der Waals surface area contributed by atoms with Crippen LogP contribution in [0.25, 0.3) is 0 Å². The Balaban J connectivity index is 1.73. The molecule has 128 valence electrons. The quantitative estimate of drug-likeness (QED) is 0.827. The minimum Gasteiger partial charge on any atom is -0.392 e. The molecule has 1 aliphatic heterocycles. The number of carbonyl (C=O) groups excluding carboxylic acids is 1. The molecule has 1 amide bonds. The third kappa shape index (κ3) is 5.61. The number of ether oxygens (including phenoxy) is 1. The lowest BCUT2D eigenvalue weighted by Gasteiger charge is -2.36. The van der Waals surface area contributed by atoms with E-state index in [0.717, 1.165) is 25.1 Å². The Morgan fingerprint density at radius 3 is 2.48 bits per heavy atom. The fourth-order valence-electron chi connectivity index (χ4n) is 2.70. The van der Waals surface area contributed by atoms with E-state index in [2.05, 4.69) is 4.90 Å². The second-order valence-corrected chi connectivity index (χ2v) is 6.13. The SMILES string of the molecule is CC[C@H](O)CN1CCN(C(=O)[C@@H](C)OCc2ccccc2)CC1. The van der Waals surface area contributed by atoms with E-state index in [-0.39, 0.29) is 12.0 Å². The van der Waals surface area contributed by atoms with Gasteiger partial charge in [-0.1, -0.05) is 37.3 Å². The molecule has 1 fully saturated rings. The minimum absolute atomic E-state index is 0.0524. The topological polar surface area (TPSA) is 53.0 Å². The second-order valence-electron chi connectivity index (χ2n) is 6.13. The van der Waals surface area contributed by atoms with E-state index in [4.69, 9.17) is 4.74 Å². The summed E-state index contributed by atoms with van der Waals surface area (Å²) < 4.78 is 5.71. The number of hydrogen-bond acceptors (Lipinski definition) is 4. The molecule has 0 aliphatic carbocycles. The van der Waals surface area contributed by atoms with Crippen molar-refractivity contribution in [3.63, 3.8) is 0 Å². The smallest absolute Gasteiger partial charge is 0.251 e. The van der Waals surface area contributed by atoms with Crippen LogP contribution < -0.4 is 0 Å². The summed E-state index contributed by atoms with van der Waals surface area (Å²) in [6.45, 7) is 7.98. The number of hydrogen-bond donors (Lipinski definition) is 1. The molecule has 0 radical (unpaired) electrons. The maximum atomic E-state index is 12.4. The second kappa shape index (κ2) is 9.01. The number of aliphatic hydroxyl groups excluding tert-OH is 1. The van der Waals surface area contributed by atoms with Gasteiger partial charge < -0.3 is 14.7 Å². The maximum absolute atomic E-state index is 12.4. The highest BCUT2D eigenvalue weighted by molar-refractivity contribution is 5.80. The van der Waals surface area contributed by atoms with Crippen molar-refractivity contribution >= 4 is 5.91 Å². The van der Waals surface area contributed by atoms with Gasteiger partial charge in [0.25, 0.3) is 5.91 Å². The molecule has 0 unspecified atom stereocenters. The lowest BCUT2D eigenvalue weighted by atomic mass is 10.2. The van der Waals surface area contributed by atoms with E-state index >= 15 is 0 Å². The van der Waals surface area contributed by atoms with Crippen LogP contribution in [0, 0.1) is 0 Å². The van der Waals surface area contributed by atoms with Crippen molar-refractivity contribution in [2.45, 2.75) is 39.1 Å². The number of piperazine rings is 1. The number of amides is 1. The van der Waals surface area contributed by atoms with Crippen molar-refractivity contribution in [1.82, 2.24) is 9.80 Å². The highest BCUT2D eigenvalue weighted by Crippen LogP contribution is 2.09. The van der Waals surface area contributed by atoms with Crippen molar-refractivity contribution in [1.29, 1.82) is 0 Å². The van der Waals surface area contributed by atoms with Gasteiger partial charge in [0.15, 0.2) is 0 Å². The van der Waals surface area contributed by atoms with Gasteiger partial charge in [-0.15, -0.1) is 0 Å². The number of carbonyl (C=O) groups is 1. The lowest BCUT2D eigenvalue weighted by Crippen LogP contribution is -2.52. The molecule has 5 nitrogen and oxygen atoms in total. The van der Waals surface area contributed by atoms with Gasteiger partial charge in [-0.05, 0) is 18.9 Å². The van der Waals surface area contributed by atoms with Crippen LogP contribution in [0.4, 0.5) is 0 Å². The van der Waals surface area contributed by atoms with E-state index in [1.807, 2.05) is 49.1 Å². The molecule has 5 heteroatoms. The maximum Gasteiger partial charge on any atom is 0.251 e. The Hall–Kier alpha value is -1.43. The zero-order valence-corrected chi connectivity index (χ0v) is 14.1. The molecule has 1 N–H and O–H groups in total. The van der Waals surface area contributed by atoms with Crippen molar-refractivity contribution < 1.29 is 14.6 Å². The first-order chi connectivity index (χ1) is 11.1. The fraction of sp³-hybridized carbons (Fsp3) is 0.611. The van der Waals surface area contributed by atoms with Gasteiger partial charge in [0.1, 0.15) is 6.10 Å². The first kappa shape index (κ1) is 17.9. The largest absolute Gasteiger partial charge is 0.392 e. The fourth-order valence-corrected chi connectivity index (χ4v) is 2.70. The van der Waals surface area contributed by atoms with E-state index in [0.29, 0.717) is 26.2 Å². The number of β-amino-alcohol motifs (C(OH)–C–C–N with tert-alkyl or cyclic N) is 1. The van der Waals surface area contributed by atoms with E-state index in [1.54, 1.807) is 0 Å². The van der Waals surface area contributed by atoms with Crippen LogP contribution in [0.5, 0.6) is 0 Å². The van der Waals surface area contributed by atoms with Crippen LogP contribution in [-0.2, 0) is 16.1 Å². The summed E-state index contributed by atoms with van der Waals surface area (Å²) in [5.41, 5.74) is 1.07. The van der Waals surface area contributed by atoms with E-state index in [1.165, 1.54) is 0 Å². The van der Waals surface area contributed by atoms with Crippen LogP contribution in [0.3, 0.4) is 0 Å². The molecule has 1 heterocycles. The van der Waals surface area contributed by atoms with Gasteiger partial charge in [0.05, 0.1) is 12.7 Å². The van der Waals surface area contributed by atoms with Gasteiger partial charge in [-0.2, -0.15) is 0 Å². The highest BCUT2D eigenvalue weighted by atomic mass is 16.5. The third-order valence-electron chi connectivity index (χ3n) is 4.31. The molecular formula is C18H28N2O3. The standard InChI is InChI=1S/C18H28N2O3/c1-3-17(21)13-19-9-11-20(12-10-19)18(22)15(2)23-14-16-7-5-4-6-8-16/h4-8,15,17,21H,3,9-14H2,1-2H3/t15-,17+/m1/s1. The Morgan fingerprint density at radius 2 is 1.87 bits per heavy atom. The van der Waals surface area contributed by atoms with Gasteiger partial charge in [0.2, 0.25) is 0 Å². The predicted molar refractivity (Wildman–Crippen MR) is 90.0 cm³/mol. The van der Waals surface area contributed by atoms with Crippen molar-refractivity contribution in [2.24, 2.45) is 0 Å². The van der Waals surface area contributed by atoms with Gasteiger partial charge in [0, 0.05) is 32.7 Å². The van der Waals surface area contributed by atoms with E-state index in [9.17, 15) is 9.90 Å². The van der Waals surface area contributed by atoms with Crippen LogP contribution in [0.2, 0.25) is 0 Å². The van der Waals surface area contributed by atoms with Gasteiger partial charge in [-0.3, -0.25) is 9.69 Å². The van der Waals surface area contributed by atoms with Crippen molar-refractivity contribution in [3.05, 3.63) is 35.9 Å². The summed E-state index contributed by atoms with van der Waals surface area (Å²) in [5.74, 6) is 0.0524. The molecule has 1 aromatic rings. The summed E-state index contributed by atoms with van der Waals surface area (Å²) >= 11 is 0. The summed E-state index contributed by atoms with van der Waals surface area (Å²) in [7, 11) is 0. The zero-order chi connectivity index (χ0) is 16.7. The lowest BCUT2D eigenvalue weighted by molar-refractivity contribution is -0.145. The molecule has 2 atom stereocenters. The minimum atomic E-state index is -0.428. The molecule has 1 saturated heterocycles. The highest BCUT2D eigenvalue weighted by Gasteiger charge is 2.25. The zero-order valence-electron chi connectivity index (χ0n) is 14.1. The number of nitrogens with zero attached hydrogens (tertiary/aromatic N) is 2. The monoisotopic (exact) mass is 320 g/mol. The average molecular weight is 320 g/mol. The van der Waals surface area contributed by atoms with Gasteiger partial charge >= 0.3 is 0 Å². The van der Waals surface area contributed by atoms with E-state index < -0.39 is 6.10 Å². The third-order valence-corrected chi connectivity index (χ3v) is 4.31. The summed E-state index contributed by atoms with van der Waals surface area (Å²) in [6, 6.07) is 9.89. The van der Waals surface area contributed by atoms with Crippen LogP contribution >= 0.6 is 0 Å². The van der Waals surface area contributed by atoms with Gasteiger partial charge in [-0.25, -0.2) is 0 Å². The van der Waals surface area contributed by atoms with Crippen LogP contribution in [0.15, 0.2) is 30.3 Å². The van der Waals surface area contributed by atoms with Crippen molar-refractivity contribution in [2.75, 3.05) is 32.7 Å². The molecular weight excluding hydrogens is 292 g/mol. The number of aliphatic hydroxyl groups is 1. The Morgan fingerprint density at radius 1 is 1.22 bits per heavy atom. The number of rotatable bonds is 7. The molecule has 0 saturated carbocycles. The van der Waals surface area contributed by atoms with Crippen LogP contribution in [-0.4, -0.2) is 65.7 Å². The Labute approximate surface area is 138 Å². The predicted octanol–water partition coefficient (Wildman–Crippen LogP) is 1.51. The summed E-state index contributed by atoms with van der Waals surface area (Å²) in [5, 5.41) is 9.71. The summed E-state index contributed by atoms with van der Waals surface area (Å²) in [4.78, 5) is 16.5. The molecule has 0 spiro atoms. The molecule has 0 bridgehead atoms. The van der Waals surface area contributed by atoms with Crippen molar-refractivity contribution in [3.8, 4) is 0 Å². The normalized spacial score (nSPS) is 18.7. The molecule has 1 aliphatic rings. The molecule has 2 rings (SSSR count). The number of benzene rings is 1. The molecule has 0 aromatic heterocycles. The average Bonchev–Trinajstić information content (AvgIpc) is 2.60. The van der Waals surface area contributed by atoms with Crippen LogP contribution in [0.1, 0.15) is 25.8 Å². The molecule has 23 heavy (non-hydrogen) atoms. The summed E-state index contributed by atoms with van der Waals surface area (Å²) in [6.07, 6.45) is 0.0668. The Kier molecular flexibility index (Phi) is 7.02. The first-order valence-corrected chi connectivity index (χ1v) is 8.45.